The summed E-state index contributed by atoms with van der Waals surface area (Å²) in [6.07, 6.45) is 0.963. The highest BCUT2D eigenvalue weighted by atomic mass is 32.2. The number of nitro groups is 1. The van der Waals surface area contributed by atoms with E-state index in [0.29, 0.717) is 5.56 Å². The number of thioether (sulfide) groups is 1. The predicted molar refractivity (Wildman–Crippen MR) is 73.4 cm³/mol. The zero-order valence-corrected chi connectivity index (χ0v) is 11.1. The number of carbonyl (C=O) groups excluding carboxylic acids is 1. The lowest BCUT2D eigenvalue weighted by Gasteiger charge is -2.00. The molecular formula is C11H9FN4O3S. The van der Waals surface area contributed by atoms with Crippen LogP contribution in [0.2, 0.25) is 0 Å². The van der Waals surface area contributed by atoms with Gasteiger partial charge < -0.3 is 5.32 Å². The molecule has 0 bridgehead atoms. The van der Waals surface area contributed by atoms with Crippen LogP contribution in [0.15, 0.2) is 22.3 Å². The molecule has 0 atom stereocenters. The number of nitro benzene ring substituents is 1. The van der Waals surface area contributed by atoms with Crippen molar-refractivity contribution in [3.63, 3.8) is 0 Å². The fraction of sp³-hybridized carbons (Fsp3) is 0.182. The third-order valence-electron chi connectivity index (χ3n) is 2.37. The molecule has 1 heterocycles. The average molecular weight is 296 g/mol. The quantitative estimate of drug-likeness (QED) is 0.520. The Morgan fingerprint density at radius 1 is 1.55 bits per heavy atom. The van der Waals surface area contributed by atoms with E-state index in [-0.39, 0.29) is 28.1 Å². The zero-order chi connectivity index (χ0) is 14.7. The normalized spacial score (nSPS) is 16.9. The van der Waals surface area contributed by atoms with Gasteiger partial charge in [-0.2, -0.15) is 5.10 Å². The molecule has 0 spiro atoms. The van der Waals surface area contributed by atoms with Crippen LogP contribution in [-0.4, -0.2) is 28.0 Å². The summed E-state index contributed by atoms with van der Waals surface area (Å²) >= 11 is 1.15. The largest absolute Gasteiger partial charge is 0.303 e. The van der Waals surface area contributed by atoms with Gasteiger partial charge in [0.25, 0.3) is 5.69 Å². The van der Waals surface area contributed by atoms with E-state index in [9.17, 15) is 19.3 Å². The number of hydrogen-bond donors (Lipinski definition) is 1. The van der Waals surface area contributed by atoms with Gasteiger partial charge in [-0.15, -0.1) is 5.10 Å². The SMILES string of the molecule is Cc1cc(F)c(C=NN=C2NC(=O)CS2)c([N+](=O)[O-])c1. The molecule has 20 heavy (non-hydrogen) atoms. The number of carbonyl (C=O) groups is 1. The Morgan fingerprint density at radius 2 is 2.30 bits per heavy atom. The van der Waals surface area contributed by atoms with Crippen LogP contribution in [-0.2, 0) is 4.79 Å². The van der Waals surface area contributed by atoms with Gasteiger partial charge in [0.1, 0.15) is 11.4 Å². The summed E-state index contributed by atoms with van der Waals surface area (Å²) in [6, 6.07) is 2.43. The Kier molecular flexibility index (Phi) is 4.08. The summed E-state index contributed by atoms with van der Waals surface area (Å²) in [5, 5.41) is 20.8. The van der Waals surface area contributed by atoms with E-state index in [1.807, 2.05) is 0 Å². The first-order valence-electron chi connectivity index (χ1n) is 5.45. The van der Waals surface area contributed by atoms with Crippen molar-refractivity contribution in [2.75, 3.05) is 5.75 Å². The van der Waals surface area contributed by atoms with Crippen molar-refractivity contribution >= 4 is 34.7 Å². The number of amidine groups is 1. The Labute approximate surface area is 117 Å². The van der Waals surface area contributed by atoms with Gasteiger partial charge in [-0.05, 0) is 18.6 Å². The molecule has 1 saturated heterocycles. The van der Waals surface area contributed by atoms with E-state index in [0.717, 1.165) is 18.0 Å². The molecule has 0 radical (unpaired) electrons. The molecule has 1 N–H and O–H groups in total. The molecule has 104 valence electrons. The smallest absolute Gasteiger partial charge is 0.281 e. The first-order valence-corrected chi connectivity index (χ1v) is 6.44. The number of nitrogens with zero attached hydrogens (tertiary/aromatic N) is 3. The van der Waals surface area contributed by atoms with E-state index < -0.39 is 10.7 Å². The van der Waals surface area contributed by atoms with Crippen molar-refractivity contribution < 1.29 is 14.1 Å². The summed E-state index contributed by atoms with van der Waals surface area (Å²) in [5.74, 6) is -0.701. The highest BCUT2D eigenvalue weighted by Gasteiger charge is 2.18. The third-order valence-corrected chi connectivity index (χ3v) is 3.23. The number of amides is 1. The molecule has 0 aliphatic carbocycles. The maximum atomic E-state index is 13.7. The number of halogens is 1. The van der Waals surface area contributed by atoms with Gasteiger partial charge in [-0.3, -0.25) is 14.9 Å². The van der Waals surface area contributed by atoms with Crippen molar-refractivity contribution in [3.05, 3.63) is 39.2 Å². The molecule has 7 nitrogen and oxygen atoms in total. The average Bonchev–Trinajstić information content (AvgIpc) is 2.77. The number of nitrogens with one attached hydrogen (secondary N) is 1. The van der Waals surface area contributed by atoms with Crippen molar-refractivity contribution in [1.29, 1.82) is 0 Å². The molecule has 1 aliphatic heterocycles. The van der Waals surface area contributed by atoms with Gasteiger partial charge in [-0.1, -0.05) is 11.8 Å². The maximum Gasteiger partial charge on any atom is 0.281 e. The molecule has 1 aromatic carbocycles. The van der Waals surface area contributed by atoms with Crippen LogP contribution in [0.3, 0.4) is 0 Å². The Balaban J connectivity index is 2.29. The molecule has 0 unspecified atom stereocenters. The van der Waals surface area contributed by atoms with Crippen molar-refractivity contribution in [3.8, 4) is 0 Å². The predicted octanol–water partition coefficient (Wildman–Crippen LogP) is 1.60. The fourth-order valence-corrected chi connectivity index (χ4v) is 2.16. The van der Waals surface area contributed by atoms with Gasteiger partial charge in [0.2, 0.25) is 5.91 Å². The lowest BCUT2D eigenvalue weighted by atomic mass is 10.1. The van der Waals surface area contributed by atoms with E-state index in [1.54, 1.807) is 6.92 Å². The second-order valence-electron chi connectivity index (χ2n) is 3.92. The molecule has 0 saturated carbocycles. The van der Waals surface area contributed by atoms with Crippen LogP contribution in [0.4, 0.5) is 10.1 Å². The molecule has 1 aliphatic rings. The van der Waals surface area contributed by atoms with Crippen LogP contribution < -0.4 is 5.32 Å². The Bertz CT molecular complexity index is 645. The minimum atomic E-state index is -0.747. The summed E-state index contributed by atoms with van der Waals surface area (Å²) in [7, 11) is 0. The molecule has 0 aromatic heterocycles. The molecule has 1 aromatic rings. The van der Waals surface area contributed by atoms with Gasteiger partial charge in [0, 0.05) is 6.07 Å². The molecule has 2 rings (SSSR count). The summed E-state index contributed by atoms with van der Waals surface area (Å²) in [5.41, 5.74) is -0.190. The summed E-state index contributed by atoms with van der Waals surface area (Å²) in [4.78, 5) is 21.1. The highest BCUT2D eigenvalue weighted by Crippen LogP contribution is 2.22. The summed E-state index contributed by atoms with van der Waals surface area (Å²) < 4.78 is 13.7. The first kappa shape index (κ1) is 14.1. The molecule has 1 fully saturated rings. The highest BCUT2D eigenvalue weighted by molar-refractivity contribution is 8.15. The van der Waals surface area contributed by atoms with Crippen molar-refractivity contribution in [1.82, 2.24) is 5.32 Å². The van der Waals surface area contributed by atoms with E-state index >= 15 is 0 Å². The van der Waals surface area contributed by atoms with Gasteiger partial charge >= 0.3 is 0 Å². The number of hydrogen-bond acceptors (Lipinski definition) is 6. The Morgan fingerprint density at radius 3 is 2.90 bits per heavy atom. The van der Waals surface area contributed by atoms with Crippen LogP contribution in [0.5, 0.6) is 0 Å². The zero-order valence-electron chi connectivity index (χ0n) is 10.3. The number of aryl methyl sites for hydroxylation is 1. The van der Waals surface area contributed by atoms with E-state index in [1.165, 1.54) is 12.1 Å². The van der Waals surface area contributed by atoms with E-state index in [4.69, 9.17) is 0 Å². The van der Waals surface area contributed by atoms with Crippen LogP contribution >= 0.6 is 11.8 Å². The van der Waals surface area contributed by atoms with Crippen molar-refractivity contribution in [2.45, 2.75) is 6.92 Å². The topological polar surface area (TPSA) is 97.0 Å². The van der Waals surface area contributed by atoms with E-state index in [2.05, 4.69) is 15.5 Å². The fourth-order valence-electron chi connectivity index (χ4n) is 1.53. The first-order chi connectivity index (χ1) is 9.47. The monoisotopic (exact) mass is 296 g/mol. The van der Waals surface area contributed by atoms with Gasteiger partial charge in [0.05, 0.1) is 16.9 Å². The second-order valence-corrected chi connectivity index (χ2v) is 4.89. The van der Waals surface area contributed by atoms with Gasteiger partial charge in [-0.25, -0.2) is 4.39 Å². The minimum absolute atomic E-state index is 0.198. The number of rotatable bonds is 3. The maximum absolute atomic E-state index is 13.7. The third kappa shape index (κ3) is 3.18. The second kappa shape index (κ2) is 5.78. The van der Waals surface area contributed by atoms with Crippen LogP contribution in [0, 0.1) is 22.9 Å². The van der Waals surface area contributed by atoms with Crippen LogP contribution in [0.25, 0.3) is 0 Å². The van der Waals surface area contributed by atoms with Gasteiger partial charge in [0.15, 0.2) is 5.17 Å². The summed E-state index contributed by atoms with van der Waals surface area (Å²) in [6.45, 7) is 1.56. The number of benzene rings is 1. The minimum Gasteiger partial charge on any atom is -0.303 e. The van der Waals surface area contributed by atoms with Crippen molar-refractivity contribution in [2.24, 2.45) is 10.2 Å². The van der Waals surface area contributed by atoms with Crippen LogP contribution in [0.1, 0.15) is 11.1 Å². The Hall–Kier alpha value is -2.29. The lowest BCUT2D eigenvalue weighted by molar-refractivity contribution is -0.385. The molecule has 9 heteroatoms. The standard InChI is InChI=1S/C11H9FN4O3S/c1-6-2-8(12)7(9(3-6)16(18)19)4-13-15-11-14-10(17)5-20-11/h2-4H,5H2,1H3,(H,14,15,17). The molecule has 1 amide bonds. The molecular weight excluding hydrogens is 287 g/mol. The lowest BCUT2D eigenvalue weighted by Crippen LogP contribution is -2.19.